The number of fused-ring (bicyclic) bond motifs is 1. The summed E-state index contributed by atoms with van der Waals surface area (Å²) in [5, 5.41) is 0. The Morgan fingerprint density at radius 3 is 2.64 bits per heavy atom. The van der Waals surface area contributed by atoms with Crippen LogP contribution < -0.4 is 0 Å². The third-order valence-electron chi connectivity index (χ3n) is 5.54. The average Bonchev–Trinajstić information content (AvgIpc) is 3.47. The number of hydrogen-bond donors (Lipinski definition) is 0. The molecule has 148 valence electrons. The van der Waals surface area contributed by atoms with Gasteiger partial charge in [0.15, 0.2) is 6.29 Å². The highest BCUT2D eigenvalue weighted by Gasteiger charge is 2.28. The van der Waals surface area contributed by atoms with E-state index in [1.807, 2.05) is 17.0 Å². The molecule has 2 saturated heterocycles. The lowest BCUT2D eigenvalue weighted by Crippen LogP contribution is -2.41. The van der Waals surface area contributed by atoms with Crippen molar-refractivity contribution in [2.45, 2.75) is 12.8 Å². The molecule has 0 spiro atoms. The third-order valence-corrected chi connectivity index (χ3v) is 6.70. The highest BCUT2D eigenvalue weighted by Crippen LogP contribution is 2.36. The van der Waals surface area contributed by atoms with Gasteiger partial charge in [0.05, 0.1) is 31.3 Å². The van der Waals surface area contributed by atoms with Crippen LogP contribution in [0.5, 0.6) is 0 Å². The topological polar surface area (TPSA) is 51.2 Å². The summed E-state index contributed by atoms with van der Waals surface area (Å²) in [6.45, 7) is 7.16. The molecule has 7 heteroatoms. The van der Waals surface area contributed by atoms with Crippen LogP contribution >= 0.6 is 11.3 Å². The summed E-state index contributed by atoms with van der Waals surface area (Å²) in [7, 11) is 0. The molecule has 1 aromatic heterocycles. The van der Waals surface area contributed by atoms with Gasteiger partial charge >= 0.3 is 0 Å². The number of morpholine rings is 1. The van der Waals surface area contributed by atoms with Crippen molar-refractivity contribution >= 4 is 17.2 Å². The molecule has 0 radical (unpaired) electrons. The van der Waals surface area contributed by atoms with E-state index in [9.17, 15) is 4.79 Å². The molecule has 0 unspecified atom stereocenters. The summed E-state index contributed by atoms with van der Waals surface area (Å²) in [5.41, 5.74) is 3.11. The molecular formula is C21H24N2O4S. The Bertz CT molecular complexity index is 856. The zero-order valence-electron chi connectivity index (χ0n) is 15.8. The number of rotatable bonds is 5. The monoisotopic (exact) mass is 400 g/mol. The Balaban J connectivity index is 1.27. The molecule has 2 aromatic rings. The van der Waals surface area contributed by atoms with Gasteiger partial charge < -0.3 is 19.1 Å². The smallest absolute Gasteiger partial charge is 0.254 e. The molecule has 3 aliphatic rings. The molecule has 5 rings (SSSR count). The Morgan fingerprint density at radius 2 is 1.82 bits per heavy atom. The largest absolute Gasteiger partial charge is 0.379 e. The van der Waals surface area contributed by atoms with Crippen LogP contribution in [0.3, 0.4) is 0 Å². The van der Waals surface area contributed by atoms with Crippen LogP contribution in [0.25, 0.3) is 10.4 Å². The predicted octanol–water partition coefficient (Wildman–Crippen LogP) is 2.75. The molecule has 0 saturated carbocycles. The van der Waals surface area contributed by atoms with Crippen molar-refractivity contribution in [2.75, 3.05) is 52.6 Å². The maximum absolute atomic E-state index is 12.7. The summed E-state index contributed by atoms with van der Waals surface area (Å²) in [5.74, 6) is 0.148. The van der Waals surface area contributed by atoms with Gasteiger partial charge in [-0.15, -0.1) is 11.3 Å². The minimum Gasteiger partial charge on any atom is -0.379 e. The predicted molar refractivity (Wildman–Crippen MR) is 106 cm³/mol. The highest BCUT2D eigenvalue weighted by atomic mass is 32.1. The van der Waals surface area contributed by atoms with Crippen LogP contribution in [0.4, 0.5) is 0 Å². The molecule has 0 N–H and O–H groups in total. The van der Waals surface area contributed by atoms with Gasteiger partial charge in [0.25, 0.3) is 5.91 Å². The van der Waals surface area contributed by atoms with Gasteiger partial charge in [0.2, 0.25) is 0 Å². The molecule has 6 nitrogen and oxygen atoms in total. The molecule has 3 aliphatic heterocycles. The van der Waals surface area contributed by atoms with Crippen LogP contribution in [0, 0.1) is 0 Å². The maximum atomic E-state index is 12.7. The Labute approximate surface area is 168 Å². The normalized spacial score (nSPS) is 20.9. The van der Waals surface area contributed by atoms with Crippen LogP contribution in [0.1, 0.15) is 27.1 Å². The lowest BCUT2D eigenvalue weighted by Gasteiger charge is -2.28. The molecular weight excluding hydrogens is 376 g/mol. The number of benzene rings is 1. The maximum Gasteiger partial charge on any atom is 0.254 e. The second kappa shape index (κ2) is 7.93. The zero-order chi connectivity index (χ0) is 18.9. The van der Waals surface area contributed by atoms with E-state index in [1.54, 1.807) is 11.3 Å². The van der Waals surface area contributed by atoms with E-state index in [-0.39, 0.29) is 12.2 Å². The number of carbonyl (C=O) groups excluding carboxylic acids is 1. The fourth-order valence-electron chi connectivity index (χ4n) is 3.96. The van der Waals surface area contributed by atoms with Crippen molar-refractivity contribution in [3.8, 4) is 10.4 Å². The minimum atomic E-state index is -0.231. The first-order chi connectivity index (χ1) is 13.8. The Hall–Kier alpha value is -1.77. The van der Waals surface area contributed by atoms with Crippen LogP contribution in [-0.4, -0.2) is 68.3 Å². The molecule has 0 bridgehead atoms. The fourth-order valence-corrected chi connectivity index (χ4v) is 4.96. The van der Waals surface area contributed by atoms with E-state index in [0.717, 1.165) is 61.0 Å². The standard InChI is InChI=1S/C21H24N2O4S/c24-20-17-2-1-15(18-3-4-19(28-18)21-26-11-12-27-21)13-16(17)14-23(20)6-5-22-7-9-25-10-8-22/h1-4,13,21H,5-12,14H2. The van der Waals surface area contributed by atoms with Crippen molar-refractivity contribution in [1.82, 2.24) is 9.80 Å². The number of ether oxygens (including phenoxy) is 3. The molecule has 1 amide bonds. The van der Waals surface area contributed by atoms with Crippen molar-refractivity contribution < 1.29 is 19.0 Å². The minimum absolute atomic E-state index is 0.148. The third kappa shape index (κ3) is 3.60. The molecule has 0 aliphatic carbocycles. The van der Waals surface area contributed by atoms with Crippen LogP contribution in [0.15, 0.2) is 30.3 Å². The van der Waals surface area contributed by atoms with E-state index < -0.39 is 0 Å². The van der Waals surface area contributed by atoms with Gasteiger partial charge in [-0.1, -0.05) is 6.07 Å². The van der Waals surface area contributed by atoms with Gasteiger partial charge in [0.1, 0.15) is 0 Å². The Kier molecular flexibility index (Phi) is 5.17. The first-order valence-corrected chi connectivity index (χ1v) is 10.7. The molecule has 28 heavy (non-hydrogen) atoms. The van der Waals surface area contributed by atoms with Crippen LogP contribution in [0.2, 0.25) is 0 Å². The van der Waals surface area contributed by atoms with Crippen LogP contribution in [-0.2, 0) is 20.8 Å². The number of carbonyl (C=O) groups is 1. The number of thiophene rings is 1. The SMILES string of the molecule is O=C1c2ccc(-c3ccc(C4OCCO4)s3)cc2CN1CCN1CCOCC1. The van der Waals surface area contributed by atoms with Crippen molar-refractivity contribution in [3.05, 3.63) is 46.3 Å². The first-order valence-electron chi connectivity index (χ1n) is 9.83. The second-order valence-corrected chi connectivity index (χ2v) is 8.44. The average molecular weight is 401 g/mol. The zero-order valence-corrected chi connectivity index (χ0v) is 16.6. The Morgan fingerprint density at radius 1 is 1.00 bits per heavy atom. The van der Waals surface area contributed by atoms with Gasteiger partial charge in [-0.3, -0.25) is 9.69 Å². The van der Waals surface area contributed by atoms with Gasteiger partial charge in [-0.2, -0.15) is 0 Å². The summed E-state index contributed by atoms with van der Waals surface area (Å²) in [6.07, 6.45) is -0.231. The number of hydrogen-bond acceptors (Lipinski definition) is 6. The second-order valence-electron chi connectivity index (χ2n) is 7.33. The van der Waals surface area contributed by atoms with Crippen molar-refractivity contribution in [2.24, 2.45) is 0 Å². The van der Waals surface area contributed by atoms with Crippen molar-refractivity contribution in [1.29, 1.82) is 0 Å². The first kappa shape index (κ1) is 18.3. The summed E-state index contributed by atoms with van der Waals surface area (Å²) < 4.78 is 16.6. The lowest BCUT2D eigenvalue weighted by molar-refractivity contribution is -0.0413. The van der Waals surface area contributed by atoms with E-state index in [1.165, 1.54) is 4.88 Å². The lowest BCUT2D eigenvalue weighted by atomic mass is 10.1. The highest BCUT2D eigenvalue weighted by molar-refractivity contribution is 7.15. The summed E-state index contributed by atoms with van der Waals surface area (Å²) in [4.78, 5) is 19.3. The molecule has 4 heterocycles. The molecule has 1 aromatic carbocycles. The summed E-state index contributed by atoms with van der Waals surface area (Å²) in [6, 6.07) is 10.4. The molecule has 2 fully saturated rings. The fraction of sp³-hybridized carbons (Fsp3) is 0.476. The number of amides is 1. The van der Waals surface area contributed by atoms with E-state index >= 15 is 0 Å². The van der Waals surface area contributed by atoms with Crippen molar-refractivity contribution in [3.63, 3.8) is 0 Å². The van der Waals surface area contributed by atoms with Gasteiger partial charge in [-0.05, 0) is 35.4 Å². The van der Waals surface area contributed by atoms with E-state index in [0.29, 0.717) is 19.8 Å². The van der Waals surface area contributed by atoms with Gasteiger partial charge in [0, 0.05) is 43.2 Å². The number of nitrogens with zero attached hydrogens (tertiary/aromatic N) is 2. The quantitative estimate of drug-likeness (QED) is 0.773. The van der Waals surface area contributed by atoms with E-state index in [2.05, 4.69) is 23.1 Å². The summed E-state index contributed by atoms with van der Waals surface area (Å²) >= 11 is 1.69. The molecule has 0 atom stereocenters. The van der Waals surface area contributed by atoms with E-state index in [4.69, 9.17) is 14.2 Å². The van der Waals surface area contributed by atoms with Gasteiger partial charge in [-0.25, -0.2) is 0 Å².